The van der Waals surface area contributed by atoms with Crippen LogP contribution in [0.4, 0.5) is 0 Å². The van der Waals surface area contributed by atoms with Crippen LogP contribution >= 0.6 is 0 Å². The predicted octanol–water partition coefficient (Wildman–Crippen LogP) is 1.13. The van der Waals surface area contributed by atoms with Crippen molar-refractivity contribution in [1.82, 2.24) is 0 Å². The molecule has 76 valence electrons. The predicted molar refractivity (Wildman–Crippen MR) is 47.7 cm³/mol. The monoisotopic (exact) mass is 198 g/mol. The minimum Gasteiger partial charge on any atom is -0.484 e. The van der Waals surface area contributed by atoms with Crippen LogP contribution in [0.5, 0.6) is 5.75 Å². The highest BCUT2D eigenvalue weighted by molar-refractivity contribution is 5.84. The Balaban J connectivity index is 3.02. The number of aromatic carboxylic acids is 1. The number of carboxylic acids is 1. The maximum Gasteiger partial charge on any atom is 0.371 e. The van der Waals surface area contributed by atoms with Crippen molar-refractivity contribution in [2.75, 3.05) is 0 Å². The molecule has 14 heavy (non-hydrogen) atoms. The lowest BCUT2D eigenvalue weighted by Gasteiger charge is -2.07. The van der Waals surface area contributed by atoms with Gasteiger partial charge in [0.15, 0.2) is 0 Å². The topological polar surface area (TPSA) is 76.7 Å². The third-order valence-corrected chi connectivity index (χ3v) is 1.37. The van der Waals surface area contributed by atoms with Crippen LogP contribution in [0.3, 0.4) is 0 Å². The van der Waals surface area contributed by atoms with E-state index in [1.54, 1.807) is 13.8 Å². The van der Waals surface area contributed by atoms with Crippen molar-refractivity contribution < 1.29 is 19.1 Å². The molecular formula is C9H10O5. The van der Waals surface area contributed by atoms with Gasteiger partial charge in [0.05, 0.1) is 6.10 Å². The van der Waals surface area contributed by atoms with Gasteiger partial charge >= 0.3 is 5.97 Å². The highest BCUT2D eigenvalue weighted by Crippen LogP contribution is 2.07. The molecule has 0 atom stereocenters. The molecule has 0 amide bonds. The molecule has 1 aromatic heterocycles. The van der Waals surface area contributed by atoms with Gasteiger partial charge in [0.25, 0.3) is 0 Å². The third-order valence-electron chi connectivity index (χ3n) is 1.37. The van der Waals surface area contributed by atoms with Gasteiger partial charge in [-0.2, -0.15) is 0 Å². The minimum atomic E-state index is -1.28. The van der Waals surface area contributed by atoms with E-state index >= 15 is 0 Å². The Morgan fingerprint density at radius 2 is 2.21 bits per heavy atom. The van der Waals surface area contributed by atoms with Gasteiger partial charge in [0.1, 0.15) is 6.26 Å². The van der Waals surface area contributed by atoms with Crippen molar-refractivity contribution in [1.29, 1.82) is 0 Å². The lowest BCUT2D eigenvalue weighted by atomic mass is 10.3. The lowest BCUT2D eigenvalue weighted by Crippen LogP contribution is -2.14. The van der Waals surface area contributed by atoms with Gasteiger partial charge in [0, 0.05) is 6.07 Å². The molecule has 0 aliphatic heterocycles. The molecule has 0 saturated heterocycles. The average molecular weight is 198 g/mol. The summed E-state index contributed by atoms with van der Waals surface area (Å²) in [6.07, 6.45) is 0.847. The highest BCUT2D eigenvalue weighted by Gasteiger charge is 2.10. The number of hydrogen-bond donors (Lipinski definition) is 1. The Bertz CT molecular complexity index is 390. The van der Waals surface area contributed by atoms with E-state index in [1.807, 2.05) is 0 Å². The maximum atomic E-state index is 11.2. The van der Waals surface area contributed by atoms with Crippen molar-refractivity contribution in [3.05, 3.63) is 28.3 Å². The first-order chi connectivity index (χ1) is 6.50. The quantitative estimate of drug-likeness (QED) is 0.787. The minimum absolute atomic E-state index is 0.0185. The van der Waals surface area contributed by atoms with Crippen molar-refractivity contribution >= 4 is 5.97 Å². The molecule has 5 heteroatoms. The summed E-state index contributed by atoms with van der Waals surface area (Å²) in [4.78, 5) is 21.6. The second kappa shape index (κ2) is 3.95. The van der Waals surface area contributed by atoms with Crippen LogP contribution in [0, 0.1) is 0 Å². The lowest BCUT2D eigenvalue weighted by molar-refractivity contribution is 0.0658. The second-order valence-corrected chi connectivity index (χ2v) is 2.94. The molecule has 0 fully saturated rings. The SMILES string of the molecule is CC(C)Oc1coc(C(=O)O)cc1=O. The van der Waals surface area contributed by atoms with Crippen molar-refractivity contribution in [2.45, 2.75) is 20.0 Å². The van der Waals surface area contributed by atoms with Crippen LogP contribution in [0.25, 0.3) is 0 Å². The summed E-state index contributed by atoms with van der Waals surface area (Å²) < 4.78 is 9.76. The summed E-state index contributed by atoms with van der Waals surface area (Å²) in [5.74, 6) is -1.66. The van der Waals surface area contributed by atoms with Crippen molar-refractivity contribution in [3.63, 3.8) is 0 Å². The molecule has 0 unspecified atom stereocenters. The molecule has 0 radical (unpaired) electrons. The maximum absolute atomic E-state index is 11.2. The van der Waals surface area contributed by atoms with Gasteiger partial charge < -0.3 is 14.3 Å². The standard InChI is InChI=1S/C9H10O5/c1-5(2)14-8-4-13-7(9(11)12)3-6(8)10/h3-5H,1-2H3,(H,11,12). The number of carboxylic acid groups (broad SMARTS) is 1. The molecule has 1 rings (SSSR count). The fourth-order valence-corrected chi connectivity index (χ4v) is 0.851. The van der Waals surface area contributed by atoms with Crippen LogP contribution in [0.2, 0.25) is 0 Å². The van der Waals surface area contributed by atoms with E-state index in [0.717, 1.165) is 12.3 Å². The zero-order valence-electron chi connectivity index (χ0n) is 7.81. The molecule has 0 aromatic carbocycles. The zero-order valence-corrected chi connectivity index (χ0v) is 7.81. The zero-order chi connectivity index (χ0) is 10.7. The van der Waals surface area contributed by atoms with Crippen LogP contribution in [-0.4, -0.2) is 17.2 Å². The van der Waals surface area contributed by atoms with E-state index in [9.17, 15) is 9.59 Å². The van der Waals surface area contributed by atoms with Crippen LogP contribution in [0.15, 0.2) is 21.5 Å². The Hall–Kier alpha value is -1.78. The molecule has 0 bridgehead atoms. The number of carbonyl (C=O) groups is 1. The number of rotatable bonds is 3. The fourth-order valence-electron chi connectivity index (χ4n) is 0.851. The summed E-state index contributed by atoms with van der Waals surface area (Å²) in [6.45, 7) is 3.51. The summed E-state index contributed by atoms with van der Waals surface area (Å²) in [6, 6.07) is 0.889. The van der Waals surface area contributed by atoms with Crippen molar-refractivity contribution in [3.8, 4) is 5.75 Å². The van der Waals surface area contributed by atoms with Crippen molar-refractivity contribution in [2.24, 2.45) is 0 Å². The smallest absolute Gasteiger partial charge is 0.371 e. The molecule has 1 aromatic rings. The molecule has 0 aliphatic carbocycles. The largest absolute Gasteiger partial charge is 0.484 e. The van der Waals surface area contributed by atoms with E-state index in [-0.39, 0.29) is 11.9 Å². The fraction of sp³-hybridized carbons (Fsp3) is 0.333. The highest BCUT2D eigenvalue weighted by atomic mass is 16.5. The van der Waals surface area contributed by atoms with Gasteiger partial charge in [-0.3, -0.25) is 4.79 Å². The van der Waals surface area contributed by atoms with E-state index in [4.69, 9.17) is 9.84 Å². The first-order valence-corrected chi connectivity index (χ1v) is 4.03. The summed E-state index contributed by atoms with van der Waals surface area (Å²) in [5.41, 5.74) is -0.498. The first kappa shape index (κ1) is 10.3. The first-order valence-electron chi connectivity index (χ1n) is 4.03. The second-order valence-electron chi connectivity index (χ2n) is 2.94. The summed E-state index contributed by atoms with van der Waals surface area (Å²) in [7, 11) is 0. The third kappa shape index (κ3) is 2.35. The Morgan fingerprint density at radius 3 is 2.64 bits per heavy atom. The molecule has 0 aliphatic rings. The Kier molecular flexibility index (Phi) is 2.91. The van der Waals surface area contributed by atoms with Gasteiger partial charge in [-0.25, -0.2) is 4.79 Å². The van der Waals surface area contributed by atoms with E-state index in [0.29, 0.717) is 0 Å². The average Bonchev–Trinajstić information content (AvgIpc) is 2.07. The Morgan fingerprint density at radius 1 is 1.57 bits per heavy atom. The number of ether oxygens (including phenoxy) is 1. The van der Waals surface area contributed by atoms with Crippen LogP contribution in [-0.2, 0) is 0 Å². The summed E-state index contributed by atoms with van der Waals surface area (Å²) >= 11 is 0. The van der Waals surface area contributed by atoms with E-state index < -0.39 is 17.2 Å². The molecule has 1 heterocycles. The van der Waals surface area contributed by atoms with Gasteiger partial charge in [-0.15, -0.1) is 0 Å². The summed E-state index contributed by atoms with van der Waals surface area (Å²) in [5, 5.41) is 8.51. The van der Waals surface area contributed by atoms with E-state index in [1.165, 1.54) is 0 Å². The molecule has 1 N–H and O–H groups in total. The molecule has 5 nitrogen and oxygen atoms in total. The molecule has 0 saturated carbocycles. The molecule has 0 spiro atoms. The normalized spacial score (nSPS) is 10.2. The van der Waals surface area contributed by atoms with Crippen LogP contribution < -0.4 is 10.2 Å². The van der Waals surface area contributed by atoms with Gasteiger partial charge in [-0.05, 0) is 13.8 Å². The van der Waals surface area contributed by atoms with Crippen LogP contribution in [0.1, 0.15) is 24.4 Å². The van der Waals surface area contributed by atoms with Gasteiger partial charge in [-0.1, -0.05) is 0 Å². The van der Waals surface area contributed by atoms with E-state index in [2.05, 4.69) is 4.42 Å². The Labute approximate surface area is 79.9 Å². The molecular weight excluding hydrogens is 188 g/mol. The van der Waals surface area contributed by atoms with Gasteiger partial charge in [0.2, 0.25) is 16.9 Å². The number of hydrogen-bond acceptors (Lipinski definition) is 4.